The lowest BCUT2D eigenvalue weighted by Gasteiger charge is -2.37. The predicted molar refractivity (Wildman–Crippen MR) is 90.5 cm³/mol. The molecule has 2 aliphatic heterocycles. The molecule has 0 spiro atoms. The van der Waals surface area contributed by atoms with Crippen molar-refractivity contribution in [2.45, 2.75) is 18.9 Å². The van der Waals surface area contributed by atoms with Crippen LogP contribution in [0.5, 0.6) is 0 Å². The van der Waals surface area contributed by atoms with E-state index >= 15 is 0 Å². The number of hydrogen-bond acceptors (Lipinski definition) is 6. The summed E-state index contributed by atoms with van der Waals surface area (Å²) in [6.45, 7) is 5.65. The summed E-state index contributed by atoms with van der Waals surface area (Å²) < 4.78 is 11.2. The van der Waals surface area contributed by atoms with Gasteiger partial charge >= 0.3 is 0 Å². The van der Waals surface area contributed by atoms with Crippen molar-refractivity contribution in [2.75, 3.05) is 39.4 Å². The van der Waals surface area contributed by atoms with E-state index in [1.807, 2.05) is 30.3 Å². The topological polar surface area (TPSA) is 63.4 Å². The molecule has 0 saturated carbocycles. The molecule has 2 aromatic rings. The largest absolute Gasteiger partial charge is 0.378 e. The van der Waals surface area contributed by atoms with Crippen LogP contribution >= 0.6 is 0 Å². The van der Waals surface area contributed by atoms with E-state index in [-0.39, 0.29) is 6.04 Å². The van der Waals surface area contributed by atoms with Gasteiger partial charge in [-0.05, 0) is 44.0 Å². The smallest absolute Gasteiger partial charge is 0.257 e. The van der Waals surface area contributed by atoms with Gasteiger partial charge in [-0.3, -0.25) is 4.90 Å². The highest BCUT2D eigenvalue weighted by Gasteiger charge is 2.31. The van der Waals surface area contributed by atoms with Crippen LogP contribution in [0.15, 0.2) is 34.9 Å². The molecule has 0 radical (unpaired) electrons. The van der Waals surface area contributed by atoms with Gasteiger partial charge in [0.05, 0.1) is 19.3 Å². The Labute approximate surface area is 142 Å². The maximum atomic E-state index is 5.69. The van der Waals surface area contributed by atoms with E-state index in [9.17, 15) is 0 Å². The van der Waals surface area contributed by atoms with E-state index < -0.39 is 0 Å². The van der Waals surface area contributed by atoms with Crippen LogP contribution < -0.4 is 5.32 Å². The highest BCUT2D eigenvalue weighted by molar-refractivity contribution is 5.52. The number of morpholine rings is 1. The fraction of sp³-hybridized carbons (Fsp3) is 0.556. The summed E-state index contributed by atoms with van der Waals surface area (Å²) >= 11 is 0. The third kappa shape index (κ3) is 3.50. The normalized spacial score (nSPS) is 25.7. The molecule has 2 unspecified atom stereocenters. The van der Waals surface area contributed by atoms with E-state index in [1.165, 1.54) is 12.8 Å². The van der Waals surface area contributed by atoms with Crippen LogP contribution in [0.4, 0.5) is 0 Å². The first kappa shape index (κ1) is 15.7. The van der Waals surface area contributed by atoms with Crippen LogP contribution in [0.2, 0.25) is 0 Å². The first-order chi connectivity index (χ1) is 11.9. The van der Waals surface area contributed by atoms with Crippen molar-refractivity contribution in [1.29, 1.82) is 0 Å². The first-order valence-corrected chi connectivity index (χ1v) is 8.81. The second-order valence-corrected chi connectivity index (χ2v) is 6.62. The van der Waals surface area contributed by atoms with Gasteiger partial charge in [0.15, 0.2) is 5.82 Å². The van der Waals surface area contributed by atoms with E-state index in [0.29, 0.717) is 18.4 Å². The minimum absolute atomic E-state index is 0.0851. The highest BCUT2D eigenvalue weighted by atomic mass is 16.5. The van der Waals surface area contributed by atoms with Crippen molar-refractivity contribution in [3.63, 3.8) is 0 Å². The molecule has 1 aromatic carbocycles. The van der Waals surface area contributed by atoms with Gasteiger partial charge in [0.1, 0.15) is 0 Å². The molecule has 0 aliphatic carbocycles. The SMILES string of the molecule is c1ccc(-c2nc(C3COCCN3CC3CCCNC3)no2)cc1. The van der Waals surface area contributed by atoms with Gasteiger partial charge in [0, 0.05) is 18.7 Å². The third-order valence-corrected chi connectivity index (χ3v) is 4.89. The molecule has 3 heterocycles. The third-order valence-electron chi connectivity index (χ3n) is 4.89. The molecule has 4 rings (SSSR count). The molecule has 6 nitrogen and oxygen atoms in total. The molecule has 2 atom stereocenters. The van der Waals surface area contributed by atoms with Gasteiger partial charge in [0.2, 0.25) is 0 Å². The molecule has 6 heteroatoms. The minimum Gasteiger partial charge on any atom is -0.378 e. The standard InChI is InChI=1S/C18H24N4O2/c1-2-6-15(7-3-1)18-20-17(21-24-18)16-13-23-10-9-22(16)12-14-5-4-8-19-11-14/h1-3,6-7,14,16,19H,4-5,8-13H2. The summed E-state index contributed by atoms with van der Waals surface area (Å²) in [6, 6.07) is 9.99. The summed E-state index contributed by atoms with van der Waals surface area (Å²) in [6.07, 6.45) is 2.55. The first-order valence-electron chi connectivity index (χ1n) is 8.81. The van der Waals surface area contributed by atoms with Crippen molar-refractivity contribution in [3.05, 3.63) is 36.2 Å². The Morgan fingerprint density at radius 2 is 2.17 bits per heavy atom. The van der Waals surface area contributed by atoms with Crippen molar-refractivity contribution in [1.82, 2.24) is 20.4 Å². The summed E-state index contributed by atoms with van der Waals surface area (Å²) in [7, 11) is 0. The molecular formula is C18H24N4O2. The van der Waals surface area contributed by atoms with E-state index in [2.05, 4.69) is 20.4 Å². The fourth-order valence-corrected chi connectivity index (χ4v) is 3.57. The summed E-state index contributed by atoms with van der Waals surface area (Å²) in [5.74, 6) is 2.01. The molecule has 2 fully saturated rings. The van der Waals surface area contributed by atoms with Gasteiger partial charge in [-0.2, -0.15) is 4.98 Å². The Hall–Kier alpha value is -1.76. The van der Waals surface area contributed by atoms with Crippen molar-refractivity contribution >= 4 is 0 Å². The summed E-state index contributed by atoms with van der Waals surface area (Å²) in [5.41, 5.74) is 0.955. The van der Waals surface area contributed by atoms with Crippen LogP contribution in [-0.4, -0.2) is 54.4 Å². The van der Waals surface area contributed by atoms with Crippen LogP contribution in [0.1, 0.15) is 24.7 Å². The van der Waals surface area contributed by atoms with Gasteiger partial charge in [-0.1, -0.05) is 23.4 Å². The summed E-state index contributed by atoms with van der Waals surface area (Å²) in [5, 5.41) is 7.73. The van der Waals surface area contributed by atoms with Crippen molar-refractivity contribution in [2.24, 2.45) is 5.92 Å². The molecule has 0 amide bonds. The quantitative estimate of drug-likeness (QED) is 0.927. The Bertz CT molecular complexity index is 639. The lowest BCUT2D eigenvalue weighted by Crippen LogP contribution is -2.45. The molecule has 24 heavy (non-hydrogen) atoms. The van der Waals surface area contributed by atoms with Gasteiger partial charge in [-0.25, -0.2) is 0 Å². The zero-order chi connectivity index (χ0) is 16.2. The minimum atomic E-state index is 0.0851. The van der Waals surface area contributed by atoms with Crippen molar-refractivity contribution < 1.29 is 9.26 Å². The number of ether oxygens (including phenoxy) is 1. The number of hydrogen-bond donors (Lipinski definition) is 1. The van der Waals surface area contributed by atoms with Crippen molar-refractivity contribution in [3.8, 4) is 11.5 Å². The Morgan fingerprint density at radius 3 is 3.00 bits per heavy atom. The Morgan fingerprint density at radius 1 is 1.25 bits per heavy atom. The molecule has 0 bridgehead atoms. The maximum absolute atomic E-state index is 5.69. The zero-order valence-electron chi connectivity index (χ0n) is 13.9. The van der Waals surface area contributed by atoms with Gasteiger partial charge in [-0.15, -0.1) is 0 Å². The van der Waals surface area contributed by atoms with Gasteiger partial charge in [0.25, 0.3) is 5.89 Å². The average molecular weight is 328 g/mol. The molecule has 128 valence electrons. The fourth-order valence-electron chi connectivity index (χ4n) is 3.57. The van der Waals surface area contributed by atoms with Crippen LogP contribution in [0.25, 0.3) is 11.5 Å². The van der Waals surface area contributed by atoms with Crippen LogP contribution in [0, 0.1) is 5.92 Å². The molecule has 1 N–H and O–H groups in total. The zero-order valence-corrected chi connectivity index (χ0v) is 13.9. The molecule has 1 aromatic heterocycles. The predicted octanol–water partition coefficient (Wildman–Crippen LogP) is 2.11. The van der Waals surface area contributed by atoms with Crippen LogP contribution in [0.3, 0.4) is 0 Å². The Kier molecular flexibility index (Phi) is 4.87. The lowest BCUT2D eigenvalue weighted by molar-refractivity contribution is -0.0206. The van der Waals surface area contributed by atoms with Gasteiger partial charge < -0.3 is 14.6 Å². The molecular weight excluding hydrogens is 304 g/mol. The number of rotatable bonds is 4. The molecule has 2 saturated heterocycles. The number of nitrogens with one attached hydrogen (secondary N) is 1. The van der Waals surface area contributed by atoms with E-state index in [0.717, 1.165) is 44.2 Å². The molecule has 2 aliphatic rings. The average Bonchev–Trinajstić information content (AvgIpc) is 3.14. The number of piperidine rings is 1. The summed E-state index contributed by atoms with van der Waals surface area (Å²) in [4.78, 5) is 7.09. The number of nitrogens with zero attached hydrogens (tertiary/aromatic N) is 3. The highest BCUT2D eigenvalue weighted by Crippen LogP contribution is 2.26. The number of benzene rings is 1. The number of aromatic nitrogens is 2. The van der Waals surface area contributed by atoms with Crippen LogP contribution in [-0.2, 0) is 4.74 Å². The Balaban J connectivity index is 1.49. The monoisotopic (exact) mass is 328 g/mol. The maximum Gasteiger partial charge on any atom is 0.257 e. The lowest BCUT2D eigenvalue weighted by atomic mass is 9.98. The second kappa shape index (κ2) is 7.42. The van der Waals surface area contributed by atoms with E-state index in [4.69, 9.17) is 9.26 Å². The second-order valence-electron chi connectivity index (χ2n) is 6.62. The van der Waals surface area contributed by atoms with E-state index in [1.54, 1.807) is 0 Å².